The maximum atomic E-state index is 14.8. The van der Waals surface area contributed by atoms with E-state index in [1.807, 2.05) is 4.90 Å². The molecule has 2 aliphatic heterocycles. The van der Waals surface area contributed by atoms with E-state index in [9.17, 15) is 18.8 Å². The number of ether oxygens (including phenoxy) is 1. The zero-order valence-electron chi connectivity index (χ0n) is 16.5. The van der Waals surface area contributed by atoms with E-state index in [1.165, 1.54) is 17.9 Å². The molecule has 3 rings (SSSR count). The van der Waals surface area contributed by atoms with Crippen LogP contribution in [-0.4, -0.2) is 73.9 Å². The molecule has 2 saturated heterocycles. The molecule has 0 spiro atoms. The van der Waals surface area contributed by atoms with Crippen molar-refractivity contribution in [3.05, 3.63) is 24.0 Å². The van der Waals surface area contributed by atoms with Gasteiger partial charge in [-0.05, 0) is 18.2 Å². The number of amides is 3. The van der Waals surface area contributed by atoms with Crippen LogP contribution in [0.15, 0.2) is 18.2 Å². The first-order valence-corrected chi connectivity index (χ1v) is 10.3. The highest BCUT2D eigenvalue weighted by Crippen LogP contribution is 2.28. The number of nitrogens with zero attached hydrogens (tertiary/aromatic N) is 3. The predicted molar refractivity (Wildman–Crippen MR) is 115 cm³/mol. The molecule has 1 aromatic carbocycles. The minimum atomic E-state index is -0.572. The topological polar surface area (TPSA) is 108 Å². The van der Waals surface area contributed by atoms with Crippen molar-refractivity contribution < 1.29 is 23.5 Å². The van der Waals surface area contributed by atoms with Crippen molar-refractivity contribution in [1.29, 1.82) is 0 Å². The molecule has 2 fully saturated rings. The van der Waals surface area contributed by atoms with Crippen LogP contribution < -0.4 is 20.3 Å². The summed E-state index contributed by atoms with van der Waals surface area (Å²) in [7, 11) is 0. The fourth-order valence-corrected chi connectivity index (χ4v) is 3.70. The van der Waals surface area contributed by atoms with E-state index in [-0.39, 0.29) is 43.1 Å². The number of carbonyl (C=O) groups excluding carboxylic acids is 3. The first-order valence-electron chi connectivity index (χ1n) is 9.25. The number of nitrogens with one attached hydrogen (secondary N) is 1. The van der Waals surface area contributed by atoms with E-state index in [1.54, 1.807) is 17.0 Å². The third-order valence-corrected chi connectivity index (χ3v) is 5.29. The van der Waals surface area contributed by atoms with Crippen molar-refractivity contribution in [3.8, 4) is 0 Å². The maximum Gasteiger partial charge on any atom is 0.414 e. The van der Waals surface area contributed by atoms with Crippen molar-refractivity contribution in [1.82, 2.24) is 10.2 Å². The maximum absolute atomic E-state index is 14.8. The Morgan fingerprint density at radius 2 is 2.00 bits per heavy atom. The Bertz CT molecular complexity index is 794. The summed E-state index contributed by atoms with van der Waals surface area (Å²) in [6, 6.07) is 4.61. The molecule has 1 aromatic rings. The van der Waals surface area contributed by atoms with Crippen LogP contribution in [-0.2, 0) is 14.3 Å². The molecule has 2 aliphatic rings. The SMILES string of the molecule is CC(=O)NCC1CN(c2ccc(N3CCN(C(=O)CSN)CC3)c(F)c2)C(=O)O1.Cl. The van der Waals surface area contributed by atoms with Crippen molar-refractivity contribution in [2.75, 3.05) is 54.8 Å². The second kappa shape index (κ2) is 10.7. The Labute approximate surface area is 184 Å². The second-order valence-corrected chi connectivity index (χ2v) is 7.49. The summed E-state index contributed by atoms with van der Waals surface area (Å²) in [6.07, 6.45) is -1.05. The summed E-state index contributed by atoms with van der Waals surface area (Å²) < 4.78 is 20.0. The van der Waals surface area contributed by atoms with E-state index in [4.69, 9.17) is 9.88 Å². The molecule has 0 bridgehead atoms. The van der Waals surface area contributed by atoms with Crippen molar-refractivity contribution in [3.63, 3.8) is 0 Å². The third-order valence-electron chi connectivity index (χ3n) is 4.88. The molecule has 3 N–H and O–H groups in total. The van der Waals surface area contributed by atoms with E-state index in [0.29, 0.717) is 37.6 Å². The summed E-state index contributed by atoms with van der Waals surface area (Å²) >= 11 is 0.993. The van der Waals surface area contributed by atoms with Gasteiger partial charge >= 0.3 is 6.09 Å². The average molecular weight is 462 g/mol. The summed E-state index contributed by atoms with van der Waals surface area (Å²) in [5, 5.41) is 7.95. The third kappa shape index (κ3) is 5.67. The second-order valence-electron chi connectivity index (χ2n) is 6.87. The number of hydrogen-bond acceptors (Lipinski definition) is 7. The van der Waals surface area contributed by atoms with Gasteiger partial charge in [-0.25, -0.2) is 9.18 Å². The molecule has 9 nitrogen and oxygen atoms in total. The number of rotatable bonds is 6. The van der Waals surface area contributed by atoms with Crippen molar-refractivity contribution in [2.45, 2.75) is 13.0 Å². The molecule has 1 unspecified atom stereocenters. The van der Waals surface area contributed by atoms with Gasteiger partial charge in [0.2, 0.25) is 11.8 Å². The van der Waals surface area contributed by atoms with Crippen LogP contribution in [0.4, 0.5) is 20.6 Å². The van der Waals surface area contributed by atoms with Crippen molar-refractivity contribution >= 4 is 53.6 Å². The summed E-state index contributed by atoms with van der Waals surface area (Å²) in [5.74, 6) is -0.441. The van der Waals surface area contributed by atoms with Gasteiger partial charge in [0.15, 0.2) is 0 Å². The Hall–Kier alpha value is -2.24. The van der Waals surface area contributed by atoms with Crippen LogP contribution in [0.1, 0.15) is 6.92 Å². The van der Waals surface area contributed by atoms with Gasteiger partial charge in [0.25, 0.3) is 0 Å². The zero-order valence-corrected chi connectivity index (χ0v) is 18.1. The Morgan fingerprint density at radius 1 is 1.30 bits per heavy atom. The summed E-state index contributed by atoms with van der Waals surface area (Å²) in [6.45, 7) is 3.87. The van der Waals surface area contributed by atoms with E-state index in [2.05, 4.69) is 5.32 Å². The van der Waals surface area contributed by atoms with Crippen LogP contribution in [0, 0.1) is 5.82 Å². The van der Waals surface area contributed by atoms with Gasteiger partial charge in [0.05, 0.1) is 30.2 Å². The number of halogens is 2. The molecule has 166 valence electrons. The Morgan fingerprint density at radius 3 is 2.60 bits per heavy atom. The minimum Gasteiger partial charge on any atom is -0.442 e. The normalized spacial score (nSPS) is 18.7. The van der Waals surface area contributed by atoms with Crippen LogP contribution in [0.2, 0.25) is 0 Å². The van der Waals surface area contributed by atoms with Gasteiger partial charge in [-0.15, -0.1) is 12.4 Å². The number of piperazine rings is 1. The van der Waals surface area contributed by atoms with Gasteiger partial charge in [0.1, 0.15) is 11.9 Å². The van der Waals surface area contributed by atoms with Gasteiger partial charge < -0.3 is 19.9 Å². The Balaban J connectivity index is 0.00000320. The highest BCUT2D eigenvalue weighted by atomic mass is 35.5. The lowest BCUT2D eigenvalue weighted by molar-refractivity contribution is -0.128. The van der Waals surface area contributed by atoms with Gasteiger partial charge in [-0.3, -0.25) is 19.6 Å². The first-order chi connectivity index (χ1) is 13.9. The smallest absolute Gasteiger partial charge is 0.414 e. The number of nitrogens with two attached hydrogens (primary N) is 1. The molecule has 3 amide bonds. The molecule has 0 aromatic heterocycles. The molecule has 0 radical (unpaired) electrons. The monoisotopic (exact) mass is 461 g/mol. The number of benzene rings is 1. The van der Waals surface area contributed by atoms with Crippen LogP contribution in [0.25, 0.3) is 0 Å². The van der Waals surface area contributed by atoms with Gasteiger partial charge in [0, 0.05) is 33.1 Å². The van der Waals surface area contributed by atoms with E-state index in [0.717, 1.165) is 11.9 Å². The largest absolute Gasteiger partial charge is 0.442 e. The fraction of sp³-hybridized carbons (Fsp3) is 0.500. The molecule has 12 heteroatoms. The molecule has 30 heavy (non-hydrogen) atoms. The van der Waals surface area contributed by atoms with Gasteiger partial charge in [-0.1, -0.05) is 11.9 Å². The molecular weight excluding hydrogens is 437 g/mol. The summed E-state index contributed by atoms with van der Waals surface area (Å²) in [4.78, 5) is 39.9. The predicted octanol–water partition coefficient (Wildman–Crippen LogP) is 0.964. The van der Waals surface area contributed by atoms with E-state index < -0.39 is 18.0 Å². The zero-order chi connectivity index (χ0) is 21.0. The fourth-order valence-electron chi connectivity index (χ4n) is 3.38. The lowest BCUT2D eigenvalue weighted by atomic mass is 10.2. The van der Waals surface area contributed by atoms with Crippen LogP contribution in [0.3, 0.4) is 0 Å². The molecule has 0 saturated carbocycles. The highest BCUT2D eigenvalue weighted by molar-refractivity contribution is 7.97. The number of anilines is 2. The number of carbonyl (C=O) groups is 3. The molecular formula is C18H25ClFN5O4S. The number of cyclic esters (lactones) is 1. The molecule has 0 aliphatic carbocycles. The lowest BCUT2D eigenvalue weighted by Gasteiger charge is -2.36. The van der Waals surface area contributed by atoms with Crippen LogP contribution in [0.5, 0.6) is 0 Å². The quantitative estimate of drug-likeness (QED) is 0.607. The average Bonchev–Trinajstić information content (AvgIpc) is 3.07. The molecule has 1 atom stereocenters. The highest BCUT2D eigenvalue weighted by Gasteiger charge is 2.33. The standard InChI is InChI=1S/C18H24FN5O4S.ClH/c1-12(25)21-9-14-10-24(18(27)28-14)13-2-3-16(15(19)8-13)22-4-6-23(7-5-22)17(26)11-29-20;/h2-3,8,14H,4-7,9-11,20H2,1H3,(H,21,25);1H. The molecule has 2 heterocycles. The van der Waals surface area contributed by atoms with Crippen LogP contribution >= 0.6 is 24.4 Å². The lowest BCUT2D eigenvalue weighted by Crippen LogP contribution is -2.49. The minimum absolute atomic E-state index is 0. The van der Waals surface area contributed by atoms with Gasteiger partial charge in [-0.2, -0.15) is 0 Å². The first kappa shape index (κ1) is 24.0. The van der Waals surface area contributed by atoms with E-state index >= 15 is 0 Å². The summed E-state index contributed by atoms with van der Waals surface area (Å²) in [5.41, 5.74) is 0.826. The Kier molecular flexibility index (Phi) is 8.56. The number of hydrogen-bond donors (Lipinski definition) is 2. The van der Waals surface area contributed by atoms with Crippen molar-refractivity contribution in [2.24, 2.45) is 5.14 Å².